The molecule has 0 aromatic heterocycles. The van der Waals surface area contributed by atoms with E-state index in [9.17, 15) is 27.5 Å². The Morgan fingerprint density at radius 3 is 2.13 bits per heavy atom. The van der Waals surface area contributed by atoms with Crippen molar-refractivity contribution < 1.29 is 32.2 Å². The number of aliphatic hydroxyl groups excluding tert-OH is 1. The number of alkyl halides is 3. The molecule has 2 aromatic rings. The van der Waals surface area contributed by atoms with Crippen molar-refractivity contribution in [3.8, 4) is 11.1 Å². The third-order valence-electron chi connectivity index (χ3n) is 5.45. The van der Waals surface area contributed by atoms with Crippen LogP contribution in [0.1, 0.15) is 51.3 Å². The van der Waals surface area contributed by atoms with Crippen molar-refractivity contribution in [3.63, 3.8) is 0 Å². The molecule has 31 heavy (non-hydrogen) atoms. The van der Waals surface area contributed by atoms with Crippen molar-refractivity contribution in [2.45, 2.75) is 58.4 Å². The fourth-order valence-corrected chi connectivity index (χ4v) is 3.92. The molecule has 0 radical (unpaired) electrons. The van der Waals surface area contributed by atoms with Gasteiger partial charge in [0.2, 0.25) is 0 Å². The lowest BCUT2D eigenvalue weighted by Gasteiger charge is -2.40. The second-order valence-electron chi connectivity index (χ2n) is 8.59. The molecule has 0 saturated heterocycles. The molecule has 166 valence electrons. The monoisotopic (exact) mass is 436 g/mol. The Bertz CT molecular complexity index is 1080. The standard InChI is InChI=1S/C24H24F4O3/c1-6-13-11-14(15-8-10-18(25)17(12-15)24(26,27)28)7-9-16(13)19-20(29)22(2,3)31-23(4,5)21(19)30/h7-12,29H,6H2,1-5H3. The zero-order valence-electron chi connectivity index (χ0n) is 17.9. The summed E-state index contributed by atoms with van der Waals surface area (Å²) in [4.78, 5) is 13.1. The van der Waals surface area contributed by atoms with Gasteiger partial charge >= 0.3 is 6.18 Å². The molecule has 0 saturated carbocycles. The highest BCUT2D eigenvalue weighted by atomic mass is 19.4. The van der Waals surface area contributed by atoms with Crippen LogP contribution in [-0.4, -0.2) is 22.1 Å². The van der Waals surface area contributed by atoms with Gasteiger partial charge in [-0.1, -0.05) is 31.2 Å². The molecule has 0 spiro atoms. The van der Waals surface area contributed by atoms with Gasteiger partial charge in [-0.05, 0) is 68.5 Å². The minimum absolute atomic E-state index is 0.139. The van der Waals surface area contributed by atoms with Crippen molar-refractivity contribution in [2.75, 3.05) is 0 Å². The van der Waals surface area contributed by atoms with Crippen LogP contribution in [0.15, 0.2) is 42.2 Å². The van der Waals surface area contributed by atoms with Crippen LogP contribution < -0.4 is 0 Å². The number of Topliss-reactive ketones (excluding diaryl/α,β-unsaturated/α-hetero) is 1. The Kier molecular flexibility index (Phi) is 5.55. The predicted octanol–water partition coefficient (Wildman–Crippen LogP) is 6.50. The molecular formula is C24H24F4O3. The Morgan fingerprint density at radius 2 is 1.55 bits per heavy atom. The molecule has 3 rings (SSSR count). The van der Waals surface area contributed by atoms with E-state index in [1.165, 1.54) is 6.07 Å². The van der Waals surface area contributed by atoms with E-state index in [-0.39, 0.29) is 22.7 Å². The normalized spacial score (nSPS) is 18.4. The highest BCUT2D eigenvalue weighted by Crippen LogP contribution is 2.42. The van der Waals surface area contributed by atoms with E-state index < -0.39 is 28.8 Å². The third kappa shape index (κ3) is 4.11. The van der Waals surface area contributed by atoms with Crippen LogP contribution in [0.25, 0.3) is 16.7 Å². The first-order valence-corrected chi connectivity index (χ1v) is 9.88. The molecule has 7 heteroatoms. The van der Waals surface area contributed by atoms with E-state index >= 15 is 0 Å². The Balaban J connectivity index is 2.17. The summed E-state index contributed by atoms with van der Waals surface area (Å²) in [6.07, 6.45) is -4.35. The van der Waals surface area contributed by atoms with E-state index in [4.69, 9.17) is 4.74 Å². The third-order valence-corrected chi connectivity index (χ3v) is 5.45. The fraction of sp³-hybridized carbons (Fsp3) is 0.375. The minimum atomic E-state index is -4.81. The number of hydrogen-bond donors (Lipinski definition) is 1. The molecule has 0 aliphatic carbocycles. The molecule has 0 atom stereocenters. The van der Waals surface area contributed by atoms with Gasteiger partial charge in [-0.2, -0.15) is 13.2 Å². The Hall–Kier alpha value is -2.67. The zero-order chi connectivity index (χ0) is 23.4. The number of ketones is 1. The molecule has 1 aliphatic heterocycles. The van der Waals surface area contributed by atoms with Crippen molar-refractivity contribution >= 4 is 11.4 Å². The number of halogens is 4. The summed E-state index contributed by atoms with van der Waals surface area (Å²) < 4.78 is 58.7. The molecule has 0 fully saturated rings. The van der Waals surface area contributed by atoms with Gasteiger partial charge in [0.15, 0.2) is 5.78 Å². The molecule has 2 aromatic carbocycles. The van der Waals surface area contributed by atoms with Crippen molar-refractivity contribution in [3.05, 3.63) is 64.7 Å². The lowest BCUT2D eigenvalue weighted by Crippen LogP contribution is -2.49. The molecular weight excluding hydrogens is 412 g/mol. The molecule has 1 N–H and O–H groups in total. The van der Waals surface area contributed by atoms with Gasteiger partial charge in [0.25, 0.3) is 0 Å². The van der Waals surface area contributed by atoms with Crippen molar-refractivity contribution in [1.29, 1.82) is 0 Å². The van der Waals surface area contributed by atoms with E-state index in [2.05, 4.69) is 0 Å². The first-order valence-electron chi connectivity index (χ1n) is 9.88. The van der Waals surface area contributed by atoms with Crippen molar-refractivity contribution in [1.82, 2.24) is 0 Å². The second kappa shape index (κ2) is 7.48. The lowest BCUT2D eigenvalue weighted by molar-refractivity contribution is -0.158. The number of carbonyl (C=O) groups excluding carboxylic acids is 1. The van der Waals surface area contributed by atoms with Crippen LogP contribution in [0.3, 0.4) is 0 Å². The van der Waals surface area contributed by atoms with Gasteiger partial charge in [0.1, 0.15) is 22.8 Å². The number of rotatable bonds is 3. The Labute approximate surface area is 178 Å². The van der Waals surface area contributed by atoms with E-state index in [0.717, 1.165) is 12.1 Å². The van der Waals surface area contributed by atoms with E-state index in [1.807, 2.05) is 6.92 Å². The van der Waals surface area contributed by atoms with Gasteiger partial charge in [0, 0.05) is 0 Å². The highest BCUT2D eigenvalue weighted by molar-refractivity contribution is 6.26. The summed E-state index contributed by atoms with van der Waals surface area (Å²) in [5.74, 6) is -1.91. The van der Waals surface area contributed by atoms with Gasteiger partial charge in [0.05, 0.1) is 11.1 Å². The van der Waals surface area contributed by atoms with E-state index in [0.29, 0.717) is 23.1 Å². The summed E-state index contributed by atoms with van der Waals surface area (Å²) >= 11 is 0. The largest absolute Gasteiger partial charge is 0.508 e. The van der Waals surface area contributed by atoms with Gasteiger partial charge < -0.3 is 9.84 Å². The summed E-state index contributed by atoms with van der Waals surface area (Å²) in [6.45, 7) is 8.41. The van der Waals surface area contributed by atoms with Gasteiger partial charge in [-0.15, -0.1) is 0 Å². The average Bonchev–Trinajstić information content (AvgIpc) is 2.66. The molecule has 0 amide bonds. The molecule has 1 heterocycles. The number of aryl methyl sites for hydroxylation is 1. The van der Waals surface area contributed by atoms with Crippen LogP contribution in [-0.2, 0) is 22.1 Å². The molecule has 0 unspecified atom stereocenters. The quantitative estimate of drug-likeness (QED) is 0.559. The number of aliphatic hydroxyl groups is 1. The molecule has 3 nitrogen and oxygen atoms in total. The summed E-state index contributed by atoms with van der Waals surface area (Å²) in [6, 6.07) is 7.66. The van der Waals surface area contributed by atoms with Crippen molar-refractivity contribution in [2.24, 2.45) is 0 Å². The summed E-state index contributed by atoms with van der Waals surface area (Å²) in [5.41, 5.74) is -1.63. The summed E-state index contributed by atoms with van der Waals surface area (Å²) in [7, 11) is 0. The first kappa shape index (κ1) is 23.0. The van der Waals surface area contributed by atoms with E-state index in [1.54, 1.807) is 45.9 Å². The van der Waals surface area contributed by atoms with Gasteiger partial charge in [-0.3, -0.25) is 4.79 Å². The van der Waals surface area contributed by atoms with Crippen LogP contribution in [0.5, 0.6) is 0 Å². The lowest BCUT2D eigenvalue weighted by atomic mass is 9.81. The van der Waals surface area contributed by atoms with Gasteiger partial charge in [-0.25, -0.2) is 4.39 Å². The van der Waals surface area contributed by atoms with Crippen LogP contribution in [0.2, 0.25) is 0 Å². The maximum Gasteiger partial charge on any atom is 0.419 e. The summed E-state index contributed by atoms with van der Waals surface area (Å²) in [5, 5.41) is 10.8. The van der Waals surface area contributed by atoms with Crippen LogP contribution in [0, 0.1) is 5.82 Å². The first-order chi connectivity index (χ1) is 14.2. The maximum absolute atomic E-state index is 13.7. The Morgan fingerprint density at radius 1 is 0.968 bits per heavy atom. The maximum atomic E-state index is 13.7. The number of carbonyl (C=O) groups is 1. The topological polar surface area (TPSA) is 46.5 Å². The average molecular weight is 436 g/mol. The smallest absolute Gasteiger partial charge is 0.419 e. The number of ether oxygens (including phenoxy) is 1. The van der Waals surface area contributed by atoms with Crippen LogP contribution >= 0.6 is 0 Å². The minimum Gasteiger partial charge on any atom is -0.508 e. The number of benzene rings is 2. The highest BCUT2D eigenvalue weighted by Gasteiger charge is 2.47. The number of hydrogen-bond acceptors (Lipinski definition) is 3. The second-order valence-corrected chi connectivity index (χ2v) is 8.59. The van der Waals surface area contributed by atoms with Crippen LogP contribution in [0.4, 0.5) is 17.6 Å². The fourth-order valence-electron chi connectivity index (χ4n) is 3.92. The molecule has 1 aliphatic rings. The predicted molar refractivity (Wildman–Crippen MR) is 110 cm³/mol. The molecule has 0 bridgehead atoms. The zero-order valence-corrected chi connectivity index (χ0v) is 17.9. The SMILES string of the molecule is CCc1cc(-c2ccc(F)c(C(F)(F)F)c2)ccc1C1=C(O)C(C)(C)OC(C)(C)C1=O.